The number of nitrogens with zero attached hydrogens (tertiary/aromatic N) is 3. The Bertz CT molecular complexity index is 1420. The number of hydrogen-bond acceptors (Lipinski definition) is 7. The molecule has 2 aromatic heterocycles. The summed E-state index contributed by atoms with van der Waals surface area (Å²) in [6, 6.07) is 3.87. The number of benzene rings is 1. The average molecular weight is 498 g/mol. The first kappa shape index (κ1) is 23.9. The monoisotopic (exact) mass is 497 g/mol. The van der Waals surface area contributed by atoms with E-state index in [0.29, 0.717) is 48.8 Å². The quantitative estimate of drug-likeness (QED) is 0.568. The molecular formula is C25H31N5O4S. The van der Waals surface area contributed by atoms with E-state index in [2.05, 4.69) is 20.4 Å². The van der Waals surface area contributed by atoms with Crippen LogP contribution < -0.4 is 10.9 Å². The number of nitrogens with one attached hydrogen (secondary N) is 2. The Hall–Kier alpha value is -2.82. The minimum Gasteiger partial charge on any atom is -0.339 e. The molecule has 1 saturated heterocycles. The van der Waals surface area contributed by atoms with Crippen LogP contribution in [0.1, 0.15) is 58.2 Å². The first-order valence-corrected chi connectivity index (χ1v) is 13.5. The fraction of sp³-hybridized carbons (Fsp3) is 0.480. The van der Waals surface area contributed by atoms with E-state index >= 15 is 0 Å². The lowest BCUT2D eigenvalue weighted by Crippen LogP contribution is -2.38. The Morgan fingerprint density at radius 3 is 2.43 bits per heavy atom. The van der Waals surface area contributed by atoms with Gasteiger partial charge in [-0.15, -0.1) is 0 Å². The van der Waals surface area contributed by atoms with Crippen LogP contribution in [0.5, 0.6) is 0 Å². The second kappa shape index (κ2) is 9.00. The van der Waals surface area contributed by atoms with E-state index in [1.165, 1.54) is 0 Å². The van der Waals surface area contributed by atoms with Crippen LogP contribution in [-0.2, 0) is 23.0 Å². The van der Waals surface area contributed by atoms with Crippen molar-refractivity contribution in [2.75, 3.05) is 19.6 Å². The van der Waals surface area contributed by atoms with Crippen LogP contribution in [0.3, 0.4) is 0 Å². The summed E-state index contributed by atoms with van der Waals surface area (Å²) in [7, 11) is -3.61. The van der Waals surface area contributed by atoms with Crippen LogP contribution in [0.4, 0.5) is 0 Å². The Morgan fingerprint density at radius 2 is 1.74 bits per heavy atom. The van der Waals surface area contributed by atoms with Crippen LogP contribution in [0.2, 0.25) is 0 Å². The van der Waals surface area contributed by atoms with Crippen molar-refractivity contribution in [2.45, 2.75) is 64.3 Å². The molecule has 3 aromatic rings. The third-order valence-corrected chi connectivity index (χ3v) is 9.64. The molecule has 186 valence electrons. The SMILES string of the molecule is Cc1cc(C)c(C)c(S(=O)(=O)N2CCC(c3nc(-c4cc5c([nH]c4=O)CCNC5)no3)CC2)c1C. The third-order valence-electron chi connectivity index (χ3n) is 7.46. The van der Waals surface area contributed by atoms with Crippen LogP contribution in [0.15, 0.2) is 26.3 Å². The number of H-pyrrole nitrogens is 1. The summed E-state index contributed by atoms with van der Waals surface area (Å²) in [6.07, 6.45) is 1.94. The molecule has 2 N–H and O–H groups in total. The zero-order valence-corrected chi connectivity index (χ0v) is 21.4. The van der Waals surface area contributed by atoms with Gasteiger partial charge in [0, 0.05) is 44.2 Å². The number of aromatic amines is 1. The van der Waals surface area contributed by atoms with E-state index in [0.717, 1.165) is 46.5 Å². The fourth-order valence-corrected chi connectivity index (χ4v) is 7.19. The number of hydrogen-bond donors (Lipinski definition) is 2. The van der Waals surface area contributed by atoms with Gasteiger partial charge in [-0.25, -0.2) is 8.42 Å². The highest BCUT2D eigenvalue weighted by Crippen LogP contribution is 2.34. The normalized spacial score (nSPS) is 17.5. The number of aryl methyl sites for hydroxylation is 2. The number of aromatic nitrogens is 3. The fourth-order valence-electron chi connectivity index (χ4n) is 5.15. The third kappa shape index (κ3) is 4.23. The highest BCUT2D eigenvalue weighted by molar-refractivity contribution is 7.89. The molecular weight excluding hydrogens is 466 g/mol. The van der Waals surface area contributed by atoms with Crippen molar-refractivity contribution >= 4 is 10.0 Å². The number of piperidine rings is 1. The van der Waals surface area contributed by atoms with E-state index < -0.39 is 10.0 Å². The van der Waals surface area contributed by atoms with Gasteiger partial charge in [-0.3, -0.25) is 4.79 Å². The van der Waals surface area contributed by atoms with Crippen LogP contribution in [0, 0.1) is 27.7 Å². The Labute approximate surface area is 205 Å². The summed E-state index contributed by atoms with van der Waals surface area (Å²) in [5.74, 6) is 0.666. The molecule has 0 unspecified atom stereocenters. The summed E-state index contributed by atoms with van der Waals surface area (Å²) < 4.78 is 34.2. The number of rotatable bonds is 4. The van der Waals surface area contributed by atoms with E-state index in [4.69, 9.17) is 4.52 Å². The van der Waals surface area contributed by atoms with Crippen molar-refractivity contribution in [3.8, 4) is 11.4 Å². The predicted octanol–water partition coefficient (Wildman–Crippen LogP) is 2.87. The summed E-state index contributed by atoms with van der Waals surface area (Å²) in [4.78, 5) is 20.5. The summed E-state index contributed by atoms with van der Waals surface area (Å²) >= 11 is 0. The van der Waals surface area contributed by atoms with Crippen molar-refractivity contribution in [1.29, 1.82) is 0 Å². The summed E-state index contributed by atoms with van der Waals surface area (Å²) in [6.45, 7) is 9.93. The van der Waals surface area contributed by atoms with Gasteiger partial charge in [0.1, 0.15) is 0 Å². The molecule has 0 radical (unpaired) electrons. The minimum atomic E-state index is -3.61. The average Bonchev–Trinajstić information content (AvgIpc) is 3.32. The van der Waals surface area contributed by atoms with Crippen LogP contribution in [-0.4, -0.2) is 47.5 Å². The predicted molar refractivity (Wildman–Crippen MR) is 132 cm³/mol. The number of pyridine rings is 1. The second-order valence-electron chi connectivity index (χ2n) is 9.67. The maximum atomic E-state index is 13.6. The molecule has 2 aliphatic heterocycles. The van der Waals surface area contributed by atoms with Gasteiger partial charge < -0.3 is 14.8 Å². The molecule has 35 heavy (non-hydrogen) atoms. The Kier molecular flexibility index (Phi) is 6.14. The number of sulfonamides is 1. The zero-order valence-electron chi connectivity index (χ0n) is 20.6. The highest BCUT2D eigenvalue weighted by Gasteiger charge is 2.34. The van der Waals surface area contributed by atoms with Gasteiger partial charge in [0.2, 0.25) is 21.7 Å². The molecule has 0 atom stereocenters. The van der Waals surface area contributed by atoms with Gasteiger partial charge in [-0.2, -0.15) is 9.29 Å². The van der Waals surface area contributed by atoms with E-state index in [9.17, 15) is 13.2 Å². The van der Waals surface area contributed by atoms with Gasteiger partial charge in [0.05, 0.1) is 10.5 Å². The Balaban J connectivity index is 1.34. The second-order valence-corrected chi connectivity index (χ2v) is 11.5. The zero-order chi connectivity index (χ0) is 24.9. The smallest absolute Gasteiger partial charge is 0.259 e. The van der Waals surface area contributed by atoms with Crippen molar-refractivity contribution in [1.82, 2.24) is 24.7 Å². The van der Waals surface area contributed by atoms with Gasteiger partial charge in [0.25, 0.3) is 5.56 Å². The molecule has 0 amide bonds. The molecule has 1 aromatic carbocycles. The topological polar surface area (TPSA) is 121 Å². The standard InChI is InChI=1S/C25H31N5O4S/c1-14-11-15(2)17(4)22(16(14)3)35(32,33)30-9-6-18(7-10-30)25-28-23(29-34-25)20-12-19-13-26-8-5-21(19)27-24(20)31/h11-12,18,26H,5-10,13H2,1-4H3,(H,27,31). The summed E-state index contributed by atoms with van der Waals surface area (Å²) in [5, 5.41) is 7.37. The maximum Gasteiger partial charge on any atom is 0.259 e. The molecule has 9 nitrogen and oxygen atoms in total. The van der Waals surface area contributed by atoms with Gasteiger partial charge in [0.15, 0.2) is 0 Å². The molecule has 10 heteroatoms. The van der Waals surface area contributed by atoms with Crippen molar-refractivity contribution in [3.63, 3.8) is 0 Å². The molecule has 0 saturated carbocycles. The lowest BCUT2D eigenvalue weighted by atomic mass is 9.98. The van der Waals surface area contributed by atoms with Gasteiger partial charge >= 0.3 is 0 Å². The van der Waals surface area contributed by atoms with E-state index in [1.54, 1.807) is 4.31 Å². The van der Waals surface area contributed by atoms with E-state index in [1.807, 2.05) is 39.8 Å². The van der Waals surface area contributed by atoms with Crippen molar-refractivity contribution in [3.05, 3.63) is 61.9 Å². The van der Waals surface area contributed by atoms with Gasteiger partial charge in [-0.05, 0) is 74.4 Å². The van der Waals surface area contributed by atoms with Crippen LogP contribution >= 0.6 is 0 Å². The number of fused-ring (bicyclic) bond motifs is 1. The van der Waals surface area contributed by atoms with E-state index in [-0.39, 0.29) is 17.3 Å². The molecule has 0 aliphatic carbocycles. The molecule has 5 rings (SSSR count). The first-order valence-electron chi connectivity index (χ1n) is 12.0. The molecule has 4 heterocycles. The van der Waals surface area contributed by atoms with Crippen LogP contribution in [0.25, 0.3) is 11.4 Å². The molecule has 1 fully saturated rings. The van der Waals surface area contributed by atoms with Gasteiger partial charge in [-0.1, -0.05) is 11.2 Å². The molecule has 0 spiro atoms. The highest BCUT2D eigenvalue weighted by atomic mass is 32.2. The van der Waals surface area contributed by atoms with Crippen molar-refractivity contribution < 1.29 is 12.9 Å². The summed E-state index contributed by atoms with van der Waals surface area (Å²) in [5.41, 5.74) is 5.73. The first-order chi connectivity index (χ1) is 16.7. The molecule has 0 bridgehead atoms. The Morgan fingerprint density at radius 1 is 1.06 bits per heavy atom. The maximum absolute atomic E-state index is 13.6. The van der Waals surface area contributed by atoms with Crippen molar-refractivity contribution in [2.24, 2.45) is 0 Å². The minimum absolute atomic E-state index is 0.0532. The lowest BCUT2D eigenvalue weighted by molar-refractivity contribution is 0.270. The lowest BCUT2D eigenvalue weighted by Gasteiger charge is -2.31. The molecule has 2 aliphatic rings. The largest absolute Gasteiger partial charge is 0.339 e.